The number of rotatable bonds is 3. The number of carbonyl (C=O) groups is 1. The number of nitrogens with zero attached hydrogens (tertiary/aromatic N) is 3. The predicted octanol–water partition coefficient (Wildman–Crippen LogP) is 2.26. The fourth-order valence-corrected chi connectivity index (χ4v) is 5.87. The molecule has 0 spiro atoms. The number of piperidine rings is 1. The van der Waals surface area contributed by atoms with Crippen molar-refractivity contribution in [2.75, 3.05) is 26.7 Å². The number of amides is 1. The van der Waals surface area contributed by atoms with E-state index in [0.717, 1.165) is 38.0 Å². The molecule has 4 atom stereocenters. The van der Waals surface area contributed by atoms with Crippen LogP contribution in [0, 0.1) is 17.7 Å². The van der Waals surface area contributed by atoms with Gasteiger partial charge >= 0.3 is 0 Å². The van der Waals surface area contributed by atoms with E-state index >= 15 is 0 Å². The molecule has 2 aromatic rings. The summed E-state index contributed by atoms with van der Waals surface area (Å²) >= 11 is 0. The van der Waals surface area contributed by atoms with Crippen LogP contribution in [0.5, 0.6) is 0 Å². The Labute approximate surface area is 180 Å². The summed E-state index contributed by atoms with van der Waals surface area (Å²) in [6.07, 6.45) is 3.17. The Morgan fingerprint density at radius 3 is 2.65 bits per heavy atom. The van der Waals surface area contributed by atoms with Crippen molar-refractivity contribution in [2.24, 2.45) is 11.8 Å². The van der Waals surface area contributed by atoms with Gasteiger partial charge in [0.2, 0.25) is 5.91 Å². The minimum absolute atomic E-state index is 0.0880. The molecule has 0 radical (unpaired) electrons. The lowest BCUT2D eigenvalue weighted by atomic mass is 9.85. The zero-order valence-corrected chi connectivity index (χ0v) is 17.7. The van der Waals surface area contributed by atoms with Gasteiger partial charge in [0.1, 0.15) is 5.82 Å². The van der Waals surface area contributed by atoms with Gasteiger partial charge in [-0.1, -0.05) is 12.1 Å². The van der Waals surface area contributed by atoms with Crippen molar-refractivity contribution >= 4 is 5.91 Å². The number of carbonyl (C=O) groups excluding carboxylic acids is 1. The highest BCUT2D eigenvalue weighted by Gasteiger charge is 2.55. The van der Waals surface area contributed by atoms with Crippen molar-refractivity contribution in [3.63, 3.8) is 0 Å². The Kier molecular flexibility index (Phi) is 5.18. The molecule has 2 saturated heterocycles. The summed E-state index contributed by atoms with van der Waals surface area (Å²) in [6.45, 7) is 1.86. The summed E-state index contributed by atoms with van der Waals surface area (Å²) in [5, 5.41) is 10.2. The molecule has 7 heteroatoms. The average Bonchev–Trinajstić information content (AvgIpc) is 2.96. The molecule has 31 heavy (non-hydrogen) atoms. The number of aliphatic hydroxyl groups is 1. The fraction of sp³-hybridized carbons (Fsp3) is 0.500. The minimum atomic E-state index is -0.382. The maximum Gasteiger partial charge on any atom is 0.258 e. The van der Waals surface area contributed by atoms with Crippen LogP contribution < -0.4 is 5.56 Å². The highest BCUT2D eigenvalue weighted by molar-refractivity contribution is 5.81. The highest BCUT2D eigenvalue weighted by Crippen LogP contribution is 2.48. The molecule has 2 bridgehead atoms. The van der Waals surface area contributed by atoms with Crippen LogP contribution in [0.2, 0.25) is 0 Å². The molecule has 3 aliphatic heterocycles. The number of benzene rings is 1. The number of hydrogen-bond acceptors (Lipinski definition) is 4. The molecule has 1 amide bonds. The number of fused-ring (bicyclic) bond motifs is 4. The molecule has 0 unspecified atom stereocenters. The molecule has 1 N–H and O–H groups in total. The molecular formula is C24H28FN3O3. The molecule has 2 fully saturated rings. The van der Waals surface area contributed by atoms with Gasteiger partial charge in [0.25, 0.3) is 5.56 Å². The standard InChI is InChI=1S/C24H28FN3O3/c1-26-20-13-28-19(9-8-17(23(28)30)15-6-5-7-16(25)12-15)22(26)21(18(20)14-29)24(31)27-10-3-2-4-11-27/h5-9,12,18,20-22,29H,2-4,10-11,13-14H2,1H3/t18-,20-,21+,22+/m1/s1. The Bertz CT molecular complexity index is 1060. The lowest BCUT2D eigenvalue weighted by molar-refractivity contribution is -0.139. The minimum Gasteiger partial charge on any atom is -0.396 e. The Morgan fingerprint density at radius 1 is 1.16 bits per heavy atom. The lowest BCUT2D eigenvalue weighted by Crippen LogP contribution is -2.45. The van der Waals surface area contributed by atoms with Gasteiger partial charge in [-0.3, -0.25) is 14.5 Å². The lowest BCUT2D eigenvalue weighted by Gasteiger charge is -2.36. The van der Waals surface area contributed by atoms with E-state index in [2.05, 4.69) is 4.90 Å². The first-order chi connectivity index (χ1) is 15.0. The zero-order valence-electron chi connectivity index (χ0n) is 17.7. The third kappa shape index (κ3) is 3.22. The number of likely N-dealkylation sites (tertiary alicyclic amines) is 1. The first kappa shape index (κ1) is 20.4. The van der Waals surface area contributed by atoms with Crippen LogP contribution in [0.3, 0.4) is 0 Å². The normalized spacial score (nSPS) is 27.9. The van der Waals surface area contributed by atoms with E-state index in [-0.39, 0.29) is 47.8 Å². The molecule has 6 nitrogen and oxygen atoms in total. The number of aromatic nitrogens is 1. The number of pyridine rings is 1. The van der Waals surface area contributed by atoms with Crippen LogP contribution in [-0.4, -0.2) is 58.2 Å². The summed E-state index contributed by atoms with van der Waals surface area (Å²) in [5.41, 5.74) is 1.63. The van der Waals surface area contributed by atoms with Crippen LogP contribution in [0.15, 0.2) is 41.2 Å². The molecule has 164 valence electrons. The van der Waals surface area contributed by atoms with Crippen LogP contribution in [0.25, 0.3) is 11.1 Å². The van der Waals surface area contributed by atoms with Crippen LogP contribution >= 0.6 is 0 Å². The summed E-state index contributed by atoms with van der Waals surface area (Å²) in [4.78, 5) is 31.0. The Balaban J connectivity index is 1.57. The van der Waals surface area contributed by atoms with E-state index in [9.17, 15) is 19.1 Å². The van der Waals surface area contributed by atoms with E-state index in [1.165, 1.54) is 12.1 Å². The smallest absolute Gasteiger partial charge is 0.258 e. The summed E-state index contributed by atoms with van der Waals surface area (Å²) in [7, 11) is 1.98. The van der Waals surface area contributed by atoms with Gasteiger partial charge in [0.15, 0.2) is 0 Å². The van der Waals surface area contributed by atoms with E-state index in [1.807, 2.05) is 18.0 Å². The summed E-state index contributed by atoms with van der Waals surface area (Å²) < 4.78 is 15.5. The fourth-order valence-electron chi connectivity index (χ4n) is 5.87. The van der Waals surface area contributed by atoms with Gasteiger partial charge in [-0.05, 0) is 56.1 Å². The van der Waals surface area contributed by atoms with Crippen LogP contribution in [0.1, 0.15) is 31.0 Å². The monoisotopic (exact) mass is 425 g/mol. The van der Waals surface area contributed by atoms with Gasteiger partial charge < -0.3 is 14.6 Å². The average molecular weight is 426 g/mol. The second-order valence-electron chi connectivity index (χ2n) is 9.03. The van der Waals surface area contributed by atoms with E-state index < -0.39 is 0 Å². The topological polar surface area (TPSA) is 65.8 Å². The molecule has 1 aromatic heterocycles. The quantitative estimate of drug-likeness (QED) is 0.819. The van der Waals surface area contributed by atoms with Crippen molar-refractivity contribution in [1.82, 2.24) is 14.4 Å². The molecular weight excluding hydrogens is 397 g/mol. The Hall–Kier alpha value is -2.51. The Morgan fingerprint density at radius 2 is 1.94 bits per heavy atom. The maximum atomic E-state index is 13.7. The summed E-state index contributed by atoms with van der Waals surface area (Å²) in [6, 6.07) is 9.35. The zero-order chi connectivity index (χ0) is 21.7. The second kappa shape index (κ2) is 7.88. The number of hydrogen-bond donors (Lipinski definition) is 1. The van der Waals surface area contributed by atoms with E-state index in [1.54, 1.807) is 22.8 Å². The number of aliphatic hydroxyl groups excluding tert-OH is 1. The summed E-state index contributed by atoms with van der Waals surface area (Å²) in [5.74, 6) is -0.882. The second-order valence-corrected chi connectivity index (χ2v) is 9.03. The van der Waals surface area contributed by atoms with Gasteiger partial charge in [-0.2, -0.15) is 0 Å². The SMILES string of the molecule is CN1[C@@H]2Cn3c(ccc(-c4cccc(F)c4)c3=O)[C@H]1[C@@H](C(=O)N1CCCCC1)[C@@H]2CO. The predicted molar refractivity (Wildman–Crippen MR) is 115 cm³/mol. The third-order valence-electron chi connectivity index (χ3n) is 7.44. The van der Waals surface area contributed by atoms with Crippen LogP contribution in [0.4, 0.5) is 4.39 Å². The highest BCUT2D eigenvalue weighted by atomic mass is 19.1. The van der Waals surface area contributed by atoms with E-state index in [0.29, 0.717) is 17.7 Å². The van der Waals surface area contributed by atoms with Crippen molar-refractivity contribution in [3.8, 4) is 11.1 Å². The molecule has 0 aliphatic carbocycles. The maximum absolute atomic E-state index is 13.7. The van der Waals surface area contributed by atoms with Crippen molar-refractivity contribution in [2.45, 2.75) is 37.9 Å². The number of likely N-dealkylation sites (N-methyl/N-ethyl adjacent to an activating group) is 1. The molecule has 0 saturated carbocycles. The van der Waals surface area contributed by atoms with Gasteiger partial charge in [-0.25, -0.2) is 4.39 Å². The first-order valence-corrected chi connectivity index (χ1v) is 11.1. The van der Waals surface area contributed by atoms with Crippen molar-refractivity contribution in [3.05, 3.63) is 58.3 Å². The van der Waals surface area contributed by atoms with Crippen molar-refractivity contribution < 1.29 is 14.3 Å². The van der Waals surface area contributed by atoms with Gasteiger partial charge in [0, 0.05) is 49.5 Å². The van der Waals surface area contributed by atoms with Gasteiger partial charge in [-0.15, -0.1) is 0 Å². The molecule has 1 aromatic carbocycles. The van der Waals surface area contributed by atoms with Gasteiger partial charge in [0.05, 0.1) is 12.0 Å². The molecule has 3 aliphatic rings. The number of halogens is 1. The van der Waals surface area contributed by atoms with Crippen molar-refractivity contribution in [1.29, 1.82) is 0 Å². The van der Waals surface area contributed by atoms with E-state index in [4.69, 9.17) is 0 Å². The van der Waals surface area contributed by atoms with Crippen LogP contribution in [-0.2, 0) is 11.3 Å². The largest absolute Gasteiger partial charge is 0.396 e. The first-order valence-electron chi connectivity index (χ1n) is 11.1. The third-order valence-corrected chi connectivity index (χ3v) is 7.44. The molecule has 4 heterocycles. The molecule has 5 rings (SSSR count).